The Morgan fingerprint density at radius 2 is 1.95 bits per heavy atom. The Labute approximate surface area is 118 Å². The first-order chi connectivity index (χ1) is 9.10. The average molecular weight is 327 g/mol. The molecule has 0 saturated carbocycles. The Morgan fingerprint density at radius 3 is 2.63 bits per heavy atom. The van der Waals surface area contributed by atoms with Crippen LogP contribution in [0.3, 0.4) is 0 Å². The van der Waals surface area contributed by atoms with Crippen molar-refractivity contribution in [1.29, 1.82) is 0 Å². The fourth-order valence-corrected chi connectivity index (χ4v) is 2.20. The minimum absolute atomic E-state index is 0.198. The molecule has 3 N–H and O–H groups in total. The second-order valence-electron chi connectivity index (χ2n) is 4.11. The maximum atomic E-state index is 13.8. The molecule has 1 unspecified atom stereocenters. The van der Waals surface area contributed by atoms with E-state index in [0.29, 0.717) is 11.3 Å². The van der Waals surface area contributed by atoms with Crippen LogP contribution in [-0.4, -0.2) is 6.54 Å². The maximum absolute atomic E-state index is 13.8. The van der Waals surface area contributed by atoms with E-state index < -0.39 is 6.04 Å². The third kappa shape index (κ3) is 3.52. The monoisotopic (exact) mass is 326 g/mol. The molecule has 0 radical (unpaired) electrons. The van der Waals surface area contributed by atoms with Crippen LogP contribution in [0.2, 0.25) is 0 Å². The predicted molar refractivity (Wildman–Crippen MR) is 75.9 cm³/mol. The van der Waals surface area contributed by atoms with Gasteiger partial charge in [0, 0.05) is 22.3 Å². The van der Waals surface area contributed by atoms with E-state index in [2.05, 4.69) is 21.2 Å². The lowest BCUT2D eigenvalue weighted by Crippen LogP contribution is -2.21. The van der Waals surface area contributed by atoms with Gasteiger partial charge in [-0.2, -0.15) is 0 Å². The molecule has 0 aliphatic heterocycles. The first-order valence-electron chi connectivity index (χ1n) is 5.77. The minimum atomic E-state index is -0.417. The molecule has 0 aliphatic carbocycles. The van der Waals surface area contributed by atoms with E-state index in [1.54, 1.807) is 24.3 Å². The van der Waals surface area contributed by atoms with E-state index in [1.807, 2.05) is 0 Å². The molecule has 2 aromatic carbocycles. The van der Waals surface area contributed by atoms with Crippen molar-refractivity contribution in [3.63, 3.8) is 0 Å². The summed E-state index contributed by atoms with van der Waals surface area (Å²) in [5, 5.41) is 3.03. The Balaban J connectivity index is 2.27. The van der Waals surface area contributed by atoms with Crippen LogP contribution in [0.1, 0.15) is 11.6 Å². The lowest BCUT2D eigenvalue weighted by molar-refractivity contribution is 0.592. The summed E-state index contributed by atoms with van der Waals surface area (Å²) in [6.07, 6.45) is 0. The van der Waals surface area contributed by atoms with Crippen LogP contribution >= 0.6 is 15.9 Å². The van der Waals surface area contributed by atoms with E-state index >= 15 is 0 Å². The molecule has 0 spiro atoms. The Kier molecular flexibility index (Phi) is 4.50. The van der Waals surface area contributed by atoms with Crippen molar-refractivity contribution in [1.82, 2.24) is 0 Å². The molecule has 0 fully saturated rings. The molecule has 0 aromatic heterocycles. The Bertz CT molecular complexity index is 575. The molecular weight excluding hydrogens is 314 g/mol. The van der Waals surface area contributed by atoms with Crippen molar-refractivity contribution in [2.75, 3.05) is 11.9 Å². The van der Waals surface area contributed by atoms with Gasteiger partial charge < -0.3 is 11.1 Å². The van der Waals surface area contributed by atoms with Crippen LogP contribution in [0.4, 0.5) is 14.5 Å². The van der Waals surface area contributed by atoms with E-state index in [1.165, 1.54) is 18.2 Å². The molecule has 0 aliphatic rings. The highest BCUT2D eigenvalue weighted by atomic mass is 79.9. The molecular formula is C14H13BrF2N2. The summed E-state index contributed by atoms with van der Waals surface area (Å²) >= 11 is 3.30. The van der Waals surface area contributed by atoms with Crippen molar-refractivity contribution in [2.24, 2.45) is 5.73 Å². The molecule has 0 amide bonds. The zero-order valence-corrected chi connectivity index (χ0v) is 11.6. The number of anilines is 1. The minimum Gasteiger partial charge on any atom is -0.377 e. The third-order valence-corrected chi connectivity index (χ3v) is 3.23. The average Bonchev–Trinajstić information content (AvgIpc) is 2.39. The second-order valence-corrected chi connectivity index (χ2v) is 5.02. The third-order valence-electron chi connectivity index (χ3n) is 2.73. The number of halogens is 3. The number of nitrogens with two attached hydrogens (primary N) is 1. The van der Waals surface area contributed by atoms with E-state index in [4.69, 9.17) is 5.73 Å². The first-order valence-corrected chi connectivity index (χ1v) is 6.56. The summed E-state index contributed by atoms with van der Waals surface area (Å²) < 4.78 is 27.7. The highest BCUT2D eigenvalue weighted by Gasteiger charge is 2.14. The highest BCUT2D eigenvalue weighted by molar-refractivity contribution is 9.10. The van der Waals surface area contributed by atoms with Crippen molar-refractivity contribution in [2.45, 2.75) is 6.04 Å². The predicted octanol–water partition coefficient (Wildman–Crippen LogP) is 3.84. The molecule has 0 saturated heterocycles. The van der Waals surface area contributed by atoms with Gasteiger partial charge in [-0.15, -0.1) is 0 Å². The van der Waals surface area contributed by atoms with Crippen molar-refractivity contribution in [3.05, 3.63) is 64.1 Å². The number of nitrogens with one attached hydrogen (secondary N) is 1. The van der Waals surface area contributed by atoms with Crippen LogP contribution in [0.5, 0.6) is 0 Å². The van der Waals surface area contributed by atoms with Gasteiger partial charge in [-0.25, -0.2) is 8.78 Å². The van der Waals surface area contributed by atoms with Crippen molar-refractivity contribution >= 4 is 21.6 Å². The van der Waals surface area contributed by atoms with E-state index in [0.717, 1.165) is 4.47 Å². The number of hydrogen-bond acceptors (Lipinski definition) is 2. The van der Waals surface area contributed by atoms with Crippen molar-refractivity contribution in [3.8, 4) is 0 Å². The molecule has 100 valence electrons. The van der Waals surface area contributed by atoms with Gasteiger partial charge in [0.1, 0.15) is 11.6 Å². The SMILES string of the molecule is NCC(Nc1cccc(F)c1)c1cc(Br)ccc1F. The Morgan fingerprint density at radius 1 is 1.16 bits per heavy atom. The van der Waals surface area contributed by atoms with Crippen LogP contribution in [0.15, 0.2) is 46.9 Å². The molecule has 0 heterocycles. The van der Waals surface area contributed by atoms with Gasteiger partial charge in [-0.3, -0.25) is 0 Å². The molecule has 19 heavy (non-hydrogen) atoms. The quantitative estimate of drug-likeness (QED) is 0.895. The zero-order valence-electron chi connectivity index (χ0n) is 10.0. The lowest BCUT2D eigenvalue weighted by Gasteiger charge is -2.19. The number of hydrogen-bond donors (Lipinski definition) is 2. The molecule has 5 heteroatoms. The normalized spacial score (nSPS) is 12.2. The maximum Gasteiger partial charge on any atom is 0.128 e. The second kappa shape index (κ2) is 6.12. The van der Waals surface area contributed by atoms with Crippen LogP contribution < -0.4 is 11.1 Å². The van der Waals surface area contributed by atoms with Gasteiger partial charge in [0.25, 0.3) is 0 Å². The fourth-order valence-electron chi connectivity index (χ4n) is 1.82. The number of rotatable bonds is 4. The summed E-state index contributed by atoms with van der Waals surface area (Å²) in [4.78, 5) is 0. The summed E-state index contributed by atoms with van der Waals surface area (Å²) in [6.45, 7) is 0.198. The van der Waals surface area contributed by atoms with Gasteiger partial charge in [0.05, 0.1) is 6.04 Å². The summed E-state index contributed by atoms with van der Waals surface area (Å²) in [6, 6.07) is 10.2. The smallest absolute Gasteiger partial charge is 0.128 e. The van der Waals surface area contributed by atoms with Gasteiger partial charge in [0.15, 0.2) is 0 Å². The topological polar surface area (TPSA) is 38.0 Å². The molecule has 0 bridgehead atoms. The molecule has 2 nitrogen and oxygen atoms in total. The Hall–Kier alpha value is -1.46. The summed E-state index contributed by atoms with van der Waals surface area (Å²) in [7, 11) is 0. The van der Waals surface area contributed by atoms with Gasteiger partial charge >= 0.3 is 0 Å². The largest absolute Gasteiger partial charge is 0.377 e. The van der Waals surface area contributed by atoms with Gasteiger partial charge in [-0.05, 0) is 36.4 Å². The van der Waals surface area contributed by atoms with Gasteiger partial charge in [0.2, 0.25) is 0 Å². The standard InChI is InChI=1S/C14H13BrF2N2/c15-9-4-5-13(17)12(6-9)14(8-18)19-11-3-1-2-10(16)7-11/h1-7,14,19H,8,18H2. The van der Waals surface area contributed by atoms with E-state index in [-0.39, 0.29) is 18.2 Å². The lowest BCUT2D eigenvalue weighted by atomic mass is 10.1. The van der Waals surface area contributed by atoms with Crippen molar-refractivity contribution < 1.29 is 8.78 Å². The number of benzene rings is 2. The van der Waals surface area contributed by atoms with Crippen LogP contribution in [0.25, 0.3) is 0 Å². The first kappa shape index (κ1) is 14.0. The fraction of sp³-hybridized carbons (Fsp3) is 0.143. The summed E-state index contributed by atoms with van der Waals surface area (Å²) in [5.41, 5.74) is 6.68. The molecule has 2 aromatic rings. The van der Waals surface area contributed by atoms with Crippen LogP contribution in [-0.2, 0) is 0 Å². The molecule has 2 rings (SSSR count). The van der Waals surface area contributed by atoms with Gasteiger partial charge in [-0.1, -0.05) is 22.0 Å². The zero-order chi connectivity index (χ0) is 13.8. The summed E-state index contributed by atoms with van der Waals surface area (Å²) in [5.74, 6) is -0.696. The molecule has 1 atom stereocenters. The van der Waals surface area contributed by atoms with E-state index in [9.17, 15) is 8.78 Å². The van der Waals surface area contributed by atoms with Crippen LogP contribution in [0, 0.1) is 11.6 Å². The highest BCUT2D eigenvalue weighted by Crippen LogP contribution is 2.24.